The third-order valence-corrected chi connectivity index (χ3v) is 5.74. The average molecular weight is 406 g/mol. The van der Waals surface area contributed by atoms with E-state index in [-0.39, 0.29) is 5.82 Å². The quantitative estimate of drug-likeness (QED) is 0.514. The fourth-order valence-electron chi connectivity index (χ4n) is 3.30. The molecule has 4 aromatic rings. The molecule has 0 spiro atoms. The van der Waals surface area contributed by atoms with Gasteiger partial charge >= 0.3 is 0 Å². The summed E-state index contributed by atoms with van der Waals surface area (Å²) in [6, 6.07) is 12.1. The molecule has 0 aliphatic rings. The second kappa shape index (κ2) is 7.97. The van der Waals surface area contributed by atoms with Crippen LogP contribution >= 0.6 is 11.3 Å². The van der Waals surface area contributed by atoms with Gasteiger partial charge < -0.3 is 10.3 Å². The van der Waals surface area contributed by atoms with Gasteiger partial charge in [0.05, 0.1) is 17.0 Å². The summed E-state index contributed by atoms with van der Waals surface area (Å²) in [5.41, 5.74) is 10.4. The van der Waals surface area contributed by atoms with Crippen molar-refractivity contribution in [2.45, 2.75) is 19.9 Å². The summed E-state index contributed by atoms with van der Waals surface area (Å²) in [7, 11) is 0. The first-order valence-corrected chi connectivity index (χ1v) is 10.0. The van der Waals surface area contributed by atoms with Gasteiger partial charge in [0.2, 0.25) is 0 Å². The summed E-state index contributed by atoms with van der Waals surface area (Å²) in [4.78, 5) is 20.8. The van der Waals surface area contributed by atoms with Crippen LogP contribution in [0.15, 0.2) is 60.2 Å². The van der Waals surface area contributed by atoms with Gasteiger partial charge in [0.25, 0.3) is 5.91 Å². The summed E-state index contributed by atoms with van der Waals surface area (Å²) in [6.07, 6.45) is 4.19. The van der Waals surface area contributed by atoms with Crippen LogP contribution in [0, 0.1) is 12.7 Å². The van der Waals surface area contributed by atoms with Crippen molar-refractivity contribution in [2.75, 3.05) is 0 Å². The van der Waals surface area contributed by atoms with Crippen molar-refractivity contribution >= 4 is 17.2 Å². The molecule has 3 aromatic heterocycles. The maximum Gasteiger partial charge on any atom is 0.250 e. The Balaban J connectivity index is 1.69. The zero-order chi connectivity index (χ0) is 20.4. The minimum Gasteiger partial charge on any atom is -0.366 e. The number of hydrogen-bond donors (Lipinski definition) is 1. The minimum absolute atomic E-state index is 0.256. The van der Waals surface area contributed by atoms with Gasteiger partial charge in [0.15, 0.2) is 0 Å². The molecule has 0 unspecified atom stereocenters. The number of nitrogens with two attached hydrogens (primary N) is 1. The van der Waals surface area contributed by atoms with E-state index in [1.54, 1.807) is 30.6 Å². The van der Waals surface area contributed by atoms with Gasteiger partial charge in [-0.25, -0.2) is 9.37 Å². The molecule has 0 atom stereocenters. The number of nitrogens with zero attached hydrogens (tertiary/aromatic N) is 3. The van der Waals surface area contributed by atoms with Gasteiger partial charge in [-0.3, -0.25) is 9.78 Å². The molecule has 2 N–H and O–H groups in total. The van der Waals surface area contributed by atoms with Gasteiger partial charge in [0.1, 0.15) is 10.8 Å². The van der Waals surface area contributed by atoms with Crippen molar-refractivity contribution in [3.8, 4) is 22.0 Å². The Hall–Kier alpha value is -3.32. The summed E-state index contributed by atoms with van der Waals surface area (Å²) in [6.45, 7) is 2.50. The first-order valence-electron chi connectivity index (χ1n) is 9.13. The van der Waals surface area contributed by atoms with E-state index < -0.39 is 5.91 Å². The van der Waals surface area contributed by atoms with E-state index in [1.165, 1.54) is 23.5 Å². The third-order valence-electron chi connectivity index (χ3n) is 4.84. The molecule has 5 nitrogen and oxygen atoms in total. The molecule has 29 heavy (non-hydrogen) atoms. The fraction of sp³-hybridized carbons (Fsp3) is 0.136. The lowest BCUT2D eigenvalue weighted by atomic mass is 10.1. The van der Waals surface area contributed by atoms with Crippen LogP contribution in [-0.2, 0) is 13.0 Å². The SMILES string of the molecule is Cc1c(C(N)=O)cc(-c2csc(-c3cccnc3)n2)n1CCc1ccc(F)cc1. The zero-order valence-electron chi connectivity index (χ0n) is 15.8. The van der Waals surface area contributed by atoms with Crippen LogP contribution < -0.4 is 5.73 Å². The normalized spacial score (nSPS) is 11.0. The Kier molecular flexibility index (Phi) is 5.22. The first-order chi connectivity index (χ1) is 14.0. The number of benzene rings is 1. The number of pyridine rings is 1. The van der Waals surface area contributed by atoms with E-state index in [2.05, 4.69) is 4.98 Å². The van der Waals surface area contributed by atoms with Crippen molar-refractivity contribution in [1.82, 2.24) is 14.5 Å². The fourth-order valence-corrected chi connectivity index (χ4v) is 4.10. The zero-order valence-corrected chi connectivity index (χ0v) is 16.6. The highest BCUT2D eigenvalue weighted by Gasteiger charge is 2.19. The number of rotatable bonds is 6. The first kappa shape index (κ1) is 19.0. The van der Waals surface area contributed by atoms with Crippen molar-refractivity contribution in [3.63, 3.8) is 0 Å². The standard InChI is InChI=1S/C22H19FN4OS/c1-14-18(21(24)28)11-20(27(14)10-8-15-4-6-17(23)7-5-15)19-13-29-22(26-19)16-3-2-9-25-12-16/h2-7,9,11-13H,8,10H2,1H3,(H2,24,28). The average Bonchev–Trinajstić information content (AvgIpc) is 3.33. The molecule has 4 rings (SSSR count). The molecule has 1 amide bonds. The predicted octanol–water partition coefficient (Wildman–Crippen LogP) is 4.46. The van der Waals surface area contributed by atoms with Crippen LogP contribution in [-0.4, -0.2) is 20.4 Å². The number of aryl methyl sites for hydroxylation is 1. The number of hydrogen-bond acceptors (Lipinski definition) is 4. The Bertz CT molecular complexity index is 1150. The van der Waals surface area contributed by atoms with Gasteiger partial charge in [-0.1, -0.05) is 12.1 Å². The highest BCUT2D eigenvalue weighted by atomic mass is 32.1. The molecule has 0 radical (unpaired) electrons. The summed E-state index contributed by atoms with van der Waals surface area (Å²) >= 11 is 1.52. The number of primary amides is 1. The molecule has 3 heterocycles. The second-order valence-electron chi connectivity index (χ2n) is 6.70. The monoisotopic (exact) mass is 406 g/mol. The third kappa shape index (κ3) is 3.95. The van der Waals surface area contributed by atoms with Gasteiger partial charge in [-0.15, -0.1) is 11.3 Å². The number of thiazole rings is 1. The Labute approximate surface area is 171 Å². The van der Waals surface area contributed by atoms with Crippen LogP contribution in [0.4, 0.5) is 4.39 Å². The molecule has 1 aromatic carbocycles. The molecule has 0 aliphatic carbocycles. The number of halogens is 1. The number of carbonyl (C=O) groups excluding carboxylic acids is 1. The molecule has 146 valence electrons. The largest absolute Gasteiger partial charge is 0.366 e. The van der Waals surface area contributed by atoms with Crippen LogP contribution in [0.2, 0.25) is 0 Å². The molecule has 7 heteroatoms. The molecule has 0 saturated heterocycles. The summed E-state index contributed by atoms with van der Waals surface area (Å²) in [5, 5.41) is 2.83. The van der Waals surface area contributed by atoms with Crippen LogP contribution in [0.1, 0.15) is 21.6 Å². The van der Waals surface area contributed by atoms with E-state index >= 15 is 0 Å². The van der Waals surface area contributed by atoms with Gasteiger partial charge in [0, 0.05) is 35.6 Å². The Morgan fingerprint density at radius 2 is 2.03 bits per heavy atom. The highest BCUT2D eigenvalue weighted by Crippen LogP contribution is 2.31. The molecule has 0 saturated carbocycles. The minimum atomic E-state index is -0.466. The maximum absolute atomic E-state index is 13.2. The predicted molar refractivity (Wildman–Crippen MR) is 112 cm³/mol. The summed E-state index contributed by atoms with van der Waals surface area (Å²) < 4.78 is 15.2. The van der Waals surface area contributed by atoms with Crippen molar-refractivity contribution in [1.29, 1.82) is 0 Å². The van der Waals surface area contributed by atoms with Gasteiger partial charge in [-0.05, 0) is 49.2 Å². The van der Waals surface area contributed by atoms with Crippen molar-refractivity contribution < 1.29 is 9.18 Å². The number of amides is 1. The second-order valence-corrected chi connectivity index (χ2v) is 7.56. The number of carbonyl (C=O) groups is 1. The maximum atomic E-state index is 13.2. The van der Waals surface area contributed by atoms with Crippen LogP contribution in [0.5, 0.6) is 0 Å². The van der Waals surface area contributed by atoms with E-state index in [0.29, 0.717) is 18.5 Å². The van der Waals surface area contributed by atoms with Crippen LogP contribution in [0.3, 0.4) is 0 Å². The van der Waals surface area contributed by atoms with Crippen molar-refractivity contribution in [3.05, 3.63) is 82.9 Å². The lowest BCUT2D eigenvalue weighted by Crippen LogP contribution is -2.13. The molecule has 0 aliphatic heterocycles. The smallest absolute Gasteiger partial charge is 0.250 e. The molecule has 0 fully saturated rings. The van der Waals surface area contributed by atoms with Crippen LogP contribution in [0.25, 0.3) is 22.0 Å². The topological polar surface area (TPSA) is 73.8 Å². The highest BCUT2D eigenvalue weighted by molar-refractivity contribution is 7.13. The molecular formula is C22H19FN4OS. The van der Waals surface area contributed by atoms with E-state index in [0.717, 1.165) is 33.2 Å². The van der Waals surface area contributed by atoms with E-state index in [4.69, 9.17) is 10.7 Å². The Morgan fingerprint density at radius 3 is 2.72 bits per heavy atom. The Morgan fingerprint density at radius 1 is 1.24 bits per heavy atom. The van der Waals surface area contributed by atoms with E-state index in [1.807, 2.05) is 29.0 Å². The molecule has 0 bridgehead atoms. The van der Waals surface area contributed by atoms with E-state index in [9.17, 15) is 9.18 Å². The number of aromatic nitrogens is 3. The summed E-state index contributed by atoms with van der Waals surface area (Å²) in [5.74, 6) is -0.722. The lowest BCUT2D eigenvalue weighted by molar-refractivity contribution is 0.0999. The van der Waals surface area contributed by atoms with Gasteiger partial charge in [-0.2, -0.15) is 0 Å². The lowest BCUT2D eigenvalue weighted by Gasteiger charge is -2.11. The van der Waals surface area contributed by atoms with Crippen molar-refractivity contribution in [2.24, 2.45) is 5.73 Å². The molecular weight excluding hydrogens is 387 g/mol.